The smallest absolute Gasteiger partial charge is 0.224 e. The van der Waals surface area contributed by atoms with Crippen LogP contribution in [0.15, 0.2) is 24.3 Å². The molecule has 4 nitrogen and oxygen atoms in total. The summed E-state index contributed by atoms with van der Waals surface area (Å²) in [5.74, 6) is 1.10. The van der Waals surface area contributed by atoms with Crippen molar-refractivity contribution in [3.05, 3.63) is 24.3 Å². The molecule has 0 aromatic heterocycles. The number of amides is 1. The molecule has 0 atom stereocenters. The predicted molar refractivity (Wildman–Crippen MR) is 70.3 cm³/mol. The molecule has 96 valence electrons. The molecule has 18 heavy (non-hydrogen) atoms. The maximum atomic E-state index is 11.6. The first-order valence-corrected chi connectivity index (χ1v) is 6.01. The van der Waals surface area contributed by atoms with Crippen molar-refractivity contribution in [2.24, 2.45) is 5.92 Å². The van der Waals surface area contributed by atoms with Gasteiger partial charge in [-0.15, -0.1) is 0 Å². The summed E-state index contributed by atoms with van der Waals surface area (Å²) in [5.41, 5.74) is 0.694. The first-order valence-electron chi connectivity index (χ1n) is 6.01. The molecule has 0 saturated heterocycles. The minimum absolute atomic E-state index is 0.00105. The first kappa shape index (κ1) is 14.0. The first-order chi connectivity index (χ1) is 8.61. The van der Waals surface area contributed by atoms with Crippen LogP contribution >= 0.6 is 0 Å². The van der Waals surface area contributed by atoms with Crippen LogP contribution in [-0.2, 0) is 4.79 Å². The third-order valence-electron chi connectivity index (χ3n) is 2.37. The van der Waals surface area contributed by atoms with Crippen molar-refractivity contribution in [3.63, 3.8) is 0 Å². The number of carbonyl (C=O) groups excluding carboxylic acids is 1. The number of nitrogens with zero attached hydrogens (tertiary/aromatic N) is 1. The topological polar surface area (TPSA) is 62.1 Å². The number of hydrogen-bond donors (Lipinski definition) is 1. The highest BCUT2D eigenvalue weighted by Crippen LogP contribution is 2.17. The zero-order valence-corrected chi connectivity index (χ0v) is 10.8. The maximum absolute atomic E-state index is 11.6. The minimum Gasteiger partial charge on any atom is -0.479 e. The van der Waals surface area contributed by atoms with Gasteiger partial charge in [-0.1, -0.05) is 19.9 Å². The average Bonchev–Trinajstić information content (AvgIpc) is 2.34. The van der Waals surface area contributed by atoms with Crippen molar-refractivity contribution >= 4 is 11.6 Å². The van der Waals surface area contributed by atoms with Gasteiger partial charge in [0.1, 0.15) is 11.8 Å². The molecule has 0 unspecified atom stereocenters. The Kier molecular flexibility index (Phi) is 5.72. The van der Waals surface area contributed by atoms with Gasteiger partial charge in [0.25, 0.3) is 0 Å². The summed E-state index contributed by atoms with van der Waals surface area (Å²) in [6.45, 7) is 4.18. The van der Waals surface area contributed by atoms with Crippen LogP contribution in [0.25, 0.3) is 0 Å². The van der Waals surface area contributed by atoms with E-state index in [4.69, 9.17) is 10.00 Å². The number of rotatable bonds is 6. The van der Waals surface area contributed by atoms with E-state index < -0.39 is 0 Å². The molecule has 0 heterocycles. The van der Waals surface area contributed by atoms with Crippen LogP contribution in [0.1, 0.15) is 26.7 Å². The number of nitrogens with one attached hydrogen (secondary N) is 1. The second-order valence-corrected chi connectivity index (χ2v) is 4.46. The fourth-order valence-corrected chi connectivity index (χ4v) is 1.42. The lowest BCUT2D eigenvalue weighted by Crippen LogP contribution is -2.12. The molecular formula is C14H18N2O2. The summed E-state index contributed by atoms with van der Waals surface area (Å²) in [5, 5.41) is 11.2. The molecule has 0 saturated carbocycles. The molecule has 0 aliphatic rings. The molecule has 1 N–H and O–H groups in total. The maximum Gasteiger partial charge on any atom is 0.224 e. The van der Waals surface area contributed by atoms with Gasteiger partial charge in [0.05, 0.1) is 0 Å². The largest absolute Gasteiger partial charge is 0.479 e. The van der Waals surface area contributed by atoms with Gasteiger partial charge in [-0.3, -0.25) is 4.79 Å². The standard InChI is InChI=1S/C14H18N2O2/c1-11(2)6-7-14(17)16-12-4-3-5-13(10-12)18-9-8-15/h3-5,10-11H,6-7,9H2,1-2H3,(H,16,17). The highest BCUT2D eigenvalue weighted by Gasteiger charge is 2.04. The number of benzene rings is 1. The molecule has 0 bridgehead atoms. The van der Waals surface area contributed by atoms with E-state index in [1.54, 1.807) is 24.3 Å². The van der Waals surface area contributed by atoms with E-state index in [-0.39, 0.29) is 12.5 Å². The Labute approximate surface area is 108 Å². The van der Waals surface area contributed by atoms with Crippen molar-refractivity contribution in [2.45, 2.75) is 26.7 Å². The summed E-state index contributed by atoms with van der Waals surface area (Å²) < 4.78 is 5.16. The second-order valence-electron chi connectivity index (χ2n) is 4.46. The van der Waals surface area contributed by atoms with Crippen LogP contribution in [-0.4, -0.2) is 12.5 Å². The van der Waals surface area contributed by atoms with Crippen LogP contribution in [0.3, 0.4) is 0 Å². The highest BCUT2D eigenvalue weighted by atomic mass is 16.5. The van der Waals surface area contributed by atoms with Crippen LogP contribution in [0.2, 0.25) is 0 Å². The number of carbonyl (C=O) groups is 1. The van der Waals surface area contributed by atoms with E-state index in [1.165, 1.54) is 0 Å². The van der Waals surface area contributed by atoms with Crippen LogP contribution < -0.4 is 10.1 Å². The minimum atomic E-state index is 0.00105. The molecule has 0 spiro atoms. The summed E-state index contributed by atoms with van der Waals surface area (Å²) in [6, 6.07) is 8.94. The Hall–Kier alpha value is -2.02. The molecule has 0 aliphatic carbocycles. The summed E-state index contributed by atoms with van der Waals surface area (Å²) >= 11 is 0. The molecule has 4 heteroatoms. The van der Waals surface area contributed by atoms with E-state index in [9.17, 15) is 4.79 Å². The van der Waals surface area contributed by atoms with Crippen molar-refractivity contribution in [2.75, 3.05) is 11.9 Å². The van der Waals surface area contributed by atoms with E-state index in [2.05, 4.69) is 19.2 Å². The lowest BCUT2D eigenvalue weighted by atomic mass is 10.1. The van der Waals surface area contributed by atoms with Gasteiger partial charge in [0.15, 0.2) is 6.61 Å². The van der Waals surface area contributed by atoms with E-state index in [1.807, 2.05) is 6.07 Å². The molecular weight excluding hydrogens is 228 g/mol. The summed E-state index contributed by atoms with van der Waals surface area (Å²) in [6.07, 6.45) is 1.39. The van der Waals surface area contributed by atoms with Crippen LogP contribution in [0.4, 0.5) is 5.69 Å². The SMILES string of the molecule is CC(C)CCC(=O)Nc1cccc(OCC#N)c1. The molecule has 1 amide bonds. The van der Waals surface area contributed by atoms with Gasteiger partial charge < -0.3 is 10.1 Å². The number of nitriles is 1. The molecule has 0 fully saturated rings. The van der Waals surface area contributed by atoms with Crippen molar-refractivity contribution in [1.29, 1.82) is 5.26 Å². The lowest BCUT2D eigenvalue weighted by molar-refractivity contribution is -0.116. The normalized spacial score (nSPS) is 9.89. The molecule has 0 radical (unpaired) electrons. The molecule has 1 aromatic carbocycles. The van der Waals surface area contributed by atoms with Gasteiger partial charge in [-0.2, -0.15) is 5.26 Å². The fraction of sp³-hybridized carbons (Fsp3) is 0.429. The van der Waals surface area contributed by atoms with Gasteiger partial charge >= 0.3 is 0 Å². The zero-order valence-electron chi connectivity index (χ0n) is 10.8. The van der Waals surface area contributed by atoms with Gasteiger partial charge in [-0.25, -0.2) is 0 Å². The van der Waals surface area contributed by atoms with Crippen molar-refractivity contribution in [1.82, 2.24) is 0 Å². The monoisotopic (exact) mass is 246 g/mol. The van der Waals surface area contributed by atoms with Crippen LogP contribution in [0.5, 0.6) is 5.75 Å². The number of anilines is 1. The van der Waals surface area contributed by atoms with Gasteiger partial charge in [-0.05, 0) is 24.5 Å². The lowest BCUT2D eigenvalue weighted by Gasteiger charge is -2.08. The highest BCUT2D eigenvalue weighted by molar-refractivity contribution is 5.90. The van der Waals surface area contributed by atoms with Gasteiger partial charge in [0.2, 0.25) is 5.91 Å². The Morgan fingerprint density at radius 2 is 2.28 bits per heavy atom. The number of ether oxygens (including phenoxy) is 1. The summed E-state index contributed by atoms with van der Waals surface area (Å²) in [7, 11) is 0. The van der Waals surface area contributed by atoms with Crippen molar-refractivity contribution < 1.29 is 9.53 Å². The Morgan fingerprint density at radius 1 is 1.50 bits per heavy atom. The van der Waals surface area contributed by atoms with Crippen molar-refractivity contribution in [3.8, 4) is 11.8 Å². The Bertz CT molecular complexity index is 436. The number of hydrogen-bond acceptors (Lipinski definition) is 3. The fourth-order valence-electron chi connectivity index (χ4n) is 1.42. The third-order valence-corrected chi connectivity index (χ3v) is 2.37. The van der Waals surface area contributed by atoms with E-state index in [0.717, 1.165) is 6.42 Å². The summed E-state index contributed by atoms with van der Waals surface area (Å²) in [4.78, 5) is 11.6. The van der Waals surface area contributed by atoms with E-state index in [0.29, 0.717) is 23.8 Å². The van der Waals surface area contributed by atoms with Crippen LogP contribution in [0, 0.1) is 17.2 Å². The third kappa shape index (κ3) is 5.35. The molecule has 1 rings (SSSR count). The molecule has 0 aliphatic heterocycles. The average molecular weight is 246 g/mol. The predicted octanol–water partition coefficient (Wildman–Crippen LogP) is 2.96. The zero-order chi connectivity index (χ0) is 13.4. The quantitative estimate of drug-likeness (QED) is 0.839. The Morgan fingerprint density at radius 3 is 2.94 bits per heavy atom. The van der Waals surface area contributed by atoms with Gasteiger partial charge in [0, 0.05) is 18.2 Å². The van der Waals surface area contributed by atoms with E-state index >= 15 is 0 Å². The molecule has 1 aromatic rings. The second kappa shape index (κ2) is 7.33. The Balaban J connectivity index is 2.51.